The number of nitrogens with two attached hydrogens (primary N) is 1. The monoisotopic (exact) mass is 276 g/mol. The molecule has 2 heterocycles. The molecular formula is C9H12N2O6S. The summed E-state index contributed by atoms with van der Waals surface area (Å²) in [6, 6.07) is 0. The van der Waals surface area contributed by atoms with E-state index in [-0.39, 0.29) is 16.3 Å². The zero-order valence-corrected chi connectivity index (χ0v) is 9.87. The van der Waals surface area contributed by atoms with Crippen LogP contribution in [0.3, 0.4) is 0 Å². The molecule has 18 heavy (non-hydrogen) atoms. The van der Waals surface area contributed by atoms with Crippen molar-refractivity contribution in [2.24, 2.45) is 0 Å². The first-order chi connectivity index (χ1) is 8.47. The molecule has 0 unspecified atom stereocenters. The molecule has 8 nitrogen and oxygen atoms in total. The fraction of sp³-hybridized carbons (Fsp3) is 0.556. The Kier molecular flexibility index (Phi) is 3.50. The molecule has 1 aromatic heterocycles. The first-order valence-corrected chi connectivity index (χ1v) is 5.85. The van der Waals surface area contributed by atoms with Gasteiger partial charge >= 0.3 is 5.97 Å². The summed E-state index contributed by atoms with van der Waals surface area (Å²) in [5.41, 5.74) is 5.58. The molecule has 0 radical (unpaired) electrons. The molecule has 0 saturated carbocycles. The average molecular weight is 276 g/mol. The number of aliphatic hydroxyl groups is 3. The number of aromatic carboxylic acids is 1. The largest absolute Gasteiger partial charge is 0.477 e. The lowest BCUT2D eigenvalue weighted by molar-refractivity contribution is -0.0234. The van der Waals surface area contributed by atoms with Gasteiger partial charge in [-0.25, -0.2) is 4.79 Å². The second-order valence-corrected chi connectivity index (χ2v) is 4.65. The number of carboxylic acid groups (broad SMARTS) is 1. The van der Waals surface area contributed by atoms with Gasteiger partial charge in [-0.15, -0.1) is 0 Å². The van der Waals surface area contributed by atoms with Crippen molar-refractivity contribution >= 4 is 23.2 Å². The fourth-order valence-electron chi connectivity index (χ4n) is 1.79. The first kappa shape index (κ1) is 13.2. The van der Waals surface area contributed by atoms with Gasteiger partial charge in [-0.05, 0) is 11.5 Å². The maximum Gasteiger partial charge on any atom is 0.349 e. The number of ether oxygens (including phenoxy) is 1. The Bertz CT molecular complexity index is 464. The molecule has 9 heteroatoms. The summed E-state index contributed by atoms with van der Waals surface area (Å²) in [6.07, 6.45) is -4.57. The minimum Gasteiger partial charge on any atom is -0.477 e. The van der Waals surface area contributed by atoms with Crippen molar-refractivity contribution in [3.63, 3.8) is 0 Å². The van der Waals surface area contributed by atoms with E-state index in [1.807, 2.05) is 0 Å². The molecule has 1 aliphatic rings. The second kappa shape index (κ2) is 4.78. The number of carboxylic acids is 1. The van der Waals surface area contributed by atoms with Crippen LogP contribution in [0.1, 0.15) is 21.5 Å². The zero-order valence-electron chi connectivity index (χ0n) is 9.05. The SMILES string of the molecule is Nc1c([C@@H]2O[C@H](CO)[C@@H](O)[C@H]2O)nsc1C(=O)O. The van der Waals surface area contributed by atoms with Crippen LogP contribution in [-0.4, -0.2) is 55.7 Å². The molecule has 1 aliphatic heterocycles. The molecule has 1 fully saturated rings. The summed E-state index contributed by atoms with van der Waals surface area (Å²) in [5, 5.41) is 37.1. The molecule has 0 spiro atoms. The summed E-state index contributed by atoms with van der Waals surface area (Å²) in [5.74, 6) is -1.22. The van der Waals surface area contributed by atoms with Crippen LogP contribution in [0.4, 0.5) is 5.69 Å². The minimum absolute atomic E-state index is 0.0694. The van der Waals surface area contributed by atoms with Crippen LogP contribution in [0.25, 0.3) is 0 Å². The van der Waals surface area contributed by atoms with Gasteiger partial charge in [-0.2, -0.15) is 4.37 Å². The predicted octanol–water partition coefficient (Wildman–Crippen LogP) is -1.42. The number of nitrogens with zero attached hydrogens (tertiary/aromatic N) is 1. The topological polar surface area (TPSA) is 146 Å². The third-order valence-corrected chi connectivity index (χ3v) is 3.63. The summed E-state index contributed by atoms with van der Waals surface area (Å²) in [7, 11) is 0. The van der Waals surface area contributed by atoms with Gasteiger partial charge in [0.2, 0.25) is 0 Å². The molecular weight excluding hydrogens is 264 g/mol. The molecule has 100 valence electrons. The van der Waals surface area contributed by atoms with Crippen molar-refractivity contribution in [2.75, 3.05) is 12.3 Å². The lowest BCUT2D eigenvalue weighted by Gasteiger charge is -2.12. The third-order valence-electron chi connectivity index (χ3n) is 2.76. The number of carbonyl (C=O) groups is 1. The van der Waals surface area contributed by atoms with E-state index in [4.69, 9.17) is 20.7 Å². The summed E-state index contributed by atoms with van der Waals surface area (Å²) < 4.78 is 9.05. The van der Waals surface area contributed by atoms with Gasteiger partial charge in [0.25, 0.3) is 0 Å². The van der Waals surface area contributed by atoms with Crippen molar-refractivity contribution in [3.8, 4) is 0 Å². The maximum atomic E-state index is 10.8. The van der Waals surface area contributed by atoms with Gasteiger partial charge in [-0.1, -0.05) is 0 Å². The smallest absolute Gasteiger partial charge is 0.349 e. The number of aromatic nitrogens is 1. The van der Waals surface area contributed by atoms with Gasteiger partial charge in [0.15, 0.2) is 4.88 Å². The molecule has 6 N–H and O–H groups in total. The van der Waals surface area contributed by atoms with Crippen LogP contribution >= 0.6 is 11.5 Å². The molecule has 4 atom stereocenters. The fourth-order valence-corrected chi connectivity index (χ4v) is 2.47. The van der Waals surface area contributed by atoms with Crippen LogP contribution in [0.2, 0.25) is 0 Å². The van der Waals surface area contributed by atoms with E-state index in [2.05, 4.69) is 4.37 Å². The van der Waals surface area contributed by atoms with E-state index < -0.39 is 37.0 Å². The Morgan fingerprint density at radius 2 is 2.11 bits per heavy atom. The minimum atomic E-state index is -1.31. The average Bonchev–Trinajstić information content (AvgIpc) is 2.82. The number of hydrogen-bond acceptors (Lipinski definition) is 8. The molecule has 1 aromatic rings. The summed E-state index contributed by atoms with van der Waals surface area (Å²) >= 11 is 0.673. The van der Waals surface area contributed by atoms with E-state index in [0.29, 0.717) is 11.5 Å². The summed E-state index contributed by atoms with van der Waals surface area (Å²) in [6.45, 7) is -0.468. The second-order valence-electron chi connectivity index (χ2n) is 3.87. The van der Waals surface area contributed by atoms with E-state index in [1.54, 1.807) is 0 Å². The Hall–Kier alpha value is -1.26. The molecule has 2 rings (SSSR count). The van der Waals surface area contributed by atoms with Crippen LogP contribution in [0, 0.1) is 0 Å². The van der Waals surface area contributed by atoms with Gasteiger partial charge in [0.1, 0.15) is 30.1 Å². The Balaban J connectivity index is 2.30. The number of rotatable bonds is 3. The number of aliphatic hydroxyl groups excluding tert-OH is 3. The highest BCUT2D eigenvalue weighted by Gasteiger charge is 2.45. The van der Waals surface area contributed by atoms with Gasteiger partial charge in [-0.3, -0.25) is 0 Å². The third kappa shape index (κ3) is 1.95. The van der Waals surface area contributed by atoms with Crippen LogP contribution in [0.5, 0.6) is 0 Å². The predicted molar refractivity (Wildman–Crippen MR) is 60.2 cm³/mol. The Morgan fingerprint density at radius 3 is 2.56 bits per heavy atom. The van der Waals surface area contributed by atoms with Gasteiger partial charge in [0, 0.05) is 0 Å². The quantitative estimate of drug-likeness (QED) is 0.452. The van der Waals surface area contributed by atoms with E-state index in [1.165, 1.54) is 0 Å². The maximum absolute atomic E-state index is 10.8. The lowest BCUT2D eigenvalue weighted by atomic mass is 10.0. The van der Waals surface area contributed by atoms with Crippen molar-refractivity contribution in [1.29, 1.82) is 0 Å². The Labute approximate surface area is 105 Å². The summed E-state index contributed by atoms with van der Waals surface area (Å²) in [4.78, 5) is 10.7. The highest BCUT2D eigenvalue weighted by Crippen LogP contribution is 2.37. The number of hydrogen-bond donors (Lipinski definition) is 5. The van der Waals surface area contributed by atoms with Crippen LogP contribution < -0.4 is 5.73 Å². The highest BCUT2D eigenvalue weighted by molar-refractivity contribution is 7.08. The van der Waals surface area contributed by atoms with E-state index >= 15 is 0 Å². The molecule has 0 amide bonds. The van der Waals surface area contributed by atoms with Crippen molar-refractivity contribution in [2.45, 2.75) is 24.4 Å². The normalized spacial score (nSPS) is 31.7. The number of anilines is 1. The zero-order chi connectivity index (χ0) is 13.4. The standard InChI is InChI=1S/C9H12N2O6S/c10-3-4(11-18-8(3)9(15)16)7-6(14)5(13)2(1-12)17-7/h2,5-7,12-14H,1,10H2,(H,15,16)/t2-,5-,6-,7+/m1/s1. The van der Waals surface area contributed by atoms with Crippen molar-refractivity contribution in [1.82, 2.24) is 4.37 Å². The molecule has 0 bridgehead atoms. The lowest BCUT2D eigenvalue weighted by Crippen LogP contribution is -2.32. The van der Waals surface area contributed by atoms with E-state index in [9.17, 15) is 15.0 Å². The van der Waals surface area contributed by atoms with Gasteiger partial charge in [0.05, 0.1) is 12.3 Å². The Morgan fingerprint density at radius 1 is 1.44 bits per heavy atom. The number of nitrogen functional groups attached to an aromatic ring is 1. The highest BCUT2D eigenvalue weighted by atomic mass is 32.1. The molecule has 1 saturated heterocycles. The molecule has 0 aromatic carbocycles. The van der Waals surface area contributed by atoms with E-state index in [0.717, 1.165) is 0 Å². The first-order valence-electron chi connectivity index (χ1n) is 5.08. The molecule has 0 aliphatic carbocycles. The van der Waals surface area contributed by atoms with Crippen LogP contribution in [0.15, 0.2) is 0 Å². The van der Waals surface area contributed by atoms with Crippen LogP contribution in [-0.2, 0) is 4.74 Å². The van der Waals surface area contributed by atoms with Gasteiger partial charge < -0.3 is 30.9 Å². The van der Waals surface area contributed by atoms with Crippen molar-refractivity contribution in [3.05, 3.63) is 10.6 Å². The van der Waals surface area contributed by atoms with Crippen molar-refractivity contribution < 1.29 is 30.0 Å².